The number of amides is 1. The predicted molar refractivity (Wildman–Crippen MR) is 75.4 cm³/mol. The molecule has 0 aromatic carbocycles. The number of hydrogen-bond acceptors (Lipinski definition) is 3. The number of fused-ring (bicyclic) bond motifs is 1. The number of nitrogens with one attached hydrogen (secondary N) is 1. The van der Waals surface area contributed by atoms with Crippen molar-refractivity contribution in [2.45, 2.75) is 13.0 Å². The third kappa shape index (κ3) is 2.37. The average molecular weight is 271 g/mol. The van der Waals surface area contributed by atoms with Crippen molar-refractivity contribution in [2.75, 3.05) is 0 Å². The molecule has 3 rings (SSSR count). The molecular weight excluding hydrogens is 258 g/mol. The molecule has 5 heteroatoms. The first-order valence-electron chi connectivity index (χ1n) is 6.02. The lowest BCUT2D eigenvalue weighted by molar-refractivity contribution is 0.0936. The second-order valence-electron chi connectivity index (χ2n) is 4.30. The van der Waals surface area contributed by atoms with Crippen LogP contribution in [0.1, 0.15) is 28.3 Å². The number of nitrogens with zero attached hydrogens (tertiary/aromatic N) is 2. The Morgan fingerprint density at radius 2 is 2.26 bits per heavy atom. The minimum Gasteiger partial charge on any atom is -0.343 e. The molecule has 0 aliphatic rings. The van der Waals surface area contributed by atoms with Gasteiger partial charge in [-0.3, -0.25) is 4.79 Å². The quantitative estimate of drug-likeness (QED) is 0.796. The van der Waals surface area contributed by atoms with Crippen molar-refractivity contribution >= 4 is 22.9 Å². The van der Waals surface area contributed by atoms with Crippen LogP contribution in [0.25, 0.3) is 5.65 Å². The number of thiophene rings is 1. The standard InChI is InChI=1S/C14H13N3OS/c1-10(12-5-4-8-19-12)15-14(18)11-9-17-7-3-2-6-13(17)16-11/h2-10H,1H3,(H,15,18). The molecule has 3 aromatic heterocycles. The fourth-order valence-corrected chi connectivity index (χ4v) is 2.66. The summed E-state index contributed by atoms with van der Waals surface area (Å²) in [6.07, 6.45) is 3.62. The van der Waals surface area contributed by atoms with Crippen molar-refractivity contribution in [3.63, 3.8) is 0 Å². The number of pyridine rings is 1. The molecule has 0 radical (unpaired) electrons. The van der Waals surface area contributed by atoms with Crippen molar-refractivity contribution in [1.29, 1.82) is 0 Å². The number of imidazole rings is 1. The summed E-state index contributed by atoms with van der Waals surface area (Å²) in [6.45, 7) is 1.97. The first-order chi connectivity index (χ1) is 9.24. The molecule has 1 N–H and O–H groups in total. The van der Waals surface area contributed by atoms with Gasteiger partial charge in [-0.1, -0.05) is 12.1 Å². The molecule has 1 atom stereocenters. The van der Waals surface area contributed by atoms with Crippen molar-refractivity contribution in [1.82, 2.24) is 14.7 Å². The van der Waals surface area contributed by atoms with Gasteiger partial charge in [0.2, 0.25) is 0 Å². The van der Waals surface area contributed by atoms with E-state index in [2.05, 4.69) is 10.3 Å². The van der Waals surface area contributed by atoms with E-state index < -0.39 is 0 Å². The number of hydrogen-bond donors (Lipinski definition) is 1. The average Bonchev–Trinajstić information content (AvgIpc) is 3.07. The zero-order valence-corrected chi connectivity index (χ0v) is 11.2. The third-order valence-electron chi connectivity index (χ3n) is 2.91. The molecule has 1 unspecified atom stereocenters. The van der Waals surface area contributed by atoms with Crippen LogP contribution in [-0.4, -0.2) is 15.3 Å². The molecule has 96 valence electrons. The van der Waals surface area contributed by atoms with E-state index in [1.807, 2.05) is 53.2 Å². The first-order valence-corrected chi connectivity index (χ1v) is 6.90. The van der Waals surface area contributed by atoms with E-state index in [1.54, 1.807) is 17.5 Å². The Kier molecular flexibility index (Phi) is 3.05. The summed E-state index contributed by atoms with van der Waals surface area (Å²) in [6, 6.07) is 9.67. The second kappa shape index (κ2) is 4.85. The van der Waals surface area contributed by atoms with Crippen molar-refractivity contribution < 1.29 is 4.79 Å². The van der Waals surface area contributed by atoms with E-state index in [0.29, 0.717) is 5.69 Å². The van der Waals surface area contributed by atoms with Crippen molar-refractivity contribution in [3.05, 3.63) is 58.7 Å². The lowest BCUT2D eigenvalue weighted by atomic mass is 10.2. The second-order valence-corrected chi connectivity index (χ2v) is 5.28. The molecule has 0 spiro atoms. The van der Waals surface area contributed by atoms with Gasteiger partial charge >= 0.3 is 0 Å². The fourth-order valence-electron chi connectivity index (χ4n) is 1.92. The minimum absolute atomic E-state index is 0.00249. The van der Waals surface area contributed by atoms with Gasteiger partial charge in [0, 0.05) is 17.3 Å². The Morgan fingerprint density at radius 1 is 1.37 bits per heavy atom. The number of carbonyl (C=O) groups is 1. The van der Waals surface area contributed by atoms with Crippen molar-refractivity contribution in [2.24, 2.45) is 0 Å². The van der Waals surface area contributed by atoms with Crippen LogP contribution in [0.2, 0.25) is 0 Å². The Balaban J connectivity index is 1.80. The van der Waals surface area contributed by atoms with Gasteiger partial charge in [-0.2, -0.15) is 0 Å². The topological polar surface area (TPSA) is 46.4 Å². The maximum Gasteiger partial charge on any atom is 0.272 e. The van der Waals surface area contributed by atoms with Gasteiger partial charge < -0.3 is 9.72 Å². The molecule has 0 bridgehead atoms. The SMILES string of the molecule is CC(NC(=O)c1cn2ccccc2n1)c1cccs1. The third-order valence-corrected chi connectivity index (χ3v) is 3.97. The van der Waals surface area contributed by atoms with Gasteiger partial charge in [0.15, 0.2) is 0 Å². The van der Waals surface area contributed by atoms with Crippen LogP contribution in [-0.2, 0) is 0 Å². The Hall–Kier alpha value is -2.14. The monoisotopic (exact) mass is 271 g/mol. The highest BCUT2D eigenvalue weighted by molar-refractivity contribution is 7.10. The zero-order valence-electron chi connectivity index (χ0n) is 10.4. The Bertz CT molecular complexity index is 669. The van der Waals surface area contributed by atoms with Gasteiger partial charge in [-0.05, 0) is 30.5 Å². The normalized spacial score (nSPS) is 12.5. The van der Waals surface area contributed by atoms with Crippen LogP contribution in [0.5, 0.6) is 0 Å². The number of carbonyl (C=O) groups excluding carboxylic acids is 1. The smallest absolute Gasteiger partial charge is 0.272 e. The van der Waals surface area contributed by atoms with Crippen molar-refractivity contribution in [3.8, 4) is 0 Å². The van der Waals surface area contributed by atoms with E-state index in [9.17, 15) is 4.79 Å². The Labute approximate surface area is 114 Å². The summed E-state index contributed by atoms with van der Waals surface area (Å²) >= 11 is 1.63. The lowest BCUT2D eigenvalue weighted by Gasteiger charge is -2.10. The Morgan fingerprint density at radius 3 is 3.00 bits per heavy atom. The molecular formula is C14H13N3OS. The van der Waals surface area contributed by atoms with Crippen LogP contribution >= 0.6 is 11.3 Å². The summed E-state index contributed by atoms with van der Waals surface area (Å²) in [5.41, 5.74) is 1.21. The summed E-state index contributed by atoms with van der Waals surface area (Å²) in [5, 5.41) is 4.96. The van der Waals surface area contributed by atoms with E-state index in [0.717, 1.165) is 10.5 Å². The maximum absolute atomic E-state index is 12.1. The summed E-state index contributed by atoms with van der Waals surface area (Å²) in [7, 11) is 0. The van der Waals surface area contributed by atoms with Gasteiger partial charge in [0.25, 0.3) is 5.91 Å². The van der Waals surface area contributed by atoms with E-state index in [1.165, 1.54) is 0 Å². The van der Waals surface area contributed by atoms with Gasteiger partial charge in [0.05, 0.1) is 6.04 Å². The van der Waals surface area contributed by atoms with Crippen LogP contribution < -0.4 is 5.32 Å². The molecule has 1 amide bonds. The molecule has 0 aliphatic carbocycles. The maximum atomic E-state index is 12.1. The summed E-state index contributed by atoms with van der Waals surface area (Å²) < 4.78 is 1.84. The zero-order chi connectivity index (χ0) is 13.2. The fraction of sp³-hybridized carbons (Fsp3) is 0.143. The number of rotatable bonds is 3. The molecule has 3 heterocycles. The van der Waals surface area contributed by atoms with Crippen LogP contribution in [0.3, 0.4) is 0 Å². The highest BCUT2D eigenvalue weighted by Crippen LogP contribution is 2.18. The van der Waals surface area contributed by atoms with Gasteiger partial charge in [-0.15, -0.1) is 11.3 Å². The van der Waals surface area contributed by atoms with Crippen LogP contribution in [0.15, 0.2) is 48.1 Å². The van der Waals surface area contributed by atoms with E-state index in [-0.39, 0.29) is 11.9 Å². The minimum atomic E-state index is -0.149. The van der Waals surface area contributed by atoms with Gasteiger partial charge in [0.1, 0.15) is 11.3 Å². The molecule has 0 fully saturated rings. The highest BCUT2D eigenvalue weighted by Gasteiger charge is 2.14. The lowest BCUT2D eigenvalue weighted by Crippen LogP contribution is -2.26. The van der Waals surface area contributed by atoms with E-state index in [4.69, 9.17) is 0 Å². The molecule has 0 saturated carbocycles. The first kappa shape index (κ1) is 11.9. The summed E-state index contributed by atoms with van der Waals surface area (Å²) in [4.78, 5) is 17.6. The largest absolute Gasteiger partial charge is 0.343 e. The molecule has 3 aromatic rings. The molecule has 4 nitrogen and oxygen atoms in total. The highest BCUT2D eigenvalue weighted by atomic mass is 32.1. The van der Waals surface area contributed by atoms with Crippen LogP contribution in [0.4, 0.5) is 0 Å². The molecule has 0 saturated heterocycles. The summed E-state index contributed by atoms with van der Waals surface area (Å²) in [5.74, 6) is -0.149. The van der Waals surface area contributed by atoms with E-state index >= 15 is 0 Å². The molecule has 0 aliphatic heterocycles. The molecule has 19 heavy (non-hydrogen) atoms. The van der Waals surface area contributed by atoms with Crippen LogP contribution in [0, 0.1) is 0 Å². The predicted octanol–water partition coefficient (Wildman–Crippen LogP) is 2.89. The van der Waals surface area contributed by atoms with Gasteiger partial charge in [-0.25, -0.2) is 4.98 Å². The number of aromatic nitrogens is 2.